The molecule has 1 saturated carbocycles. The number of nitrogens with one attached hydrogen (secondary N) is 1. The van der Waals surface area contributed by atoms with Gasteiger partial charge < -0.3 is 20.3 Å². The molecule has 1 aliphatic rings. The summed E-state index contributed by atoms with van der Waals surface area (Å²) in [6.45, 7) is 8.57. The van der Waals surface area contributed by atoms with Gasteiger partial charge in [0.05, 0.1) is 18.8 Å². The second-order valence-corrected chi connectivity index (χ2v) is 6.72. The van der Waals surface area contributed by atoms with Gasteiger partial charge in [0.15, 0.2) is 0 Å². The number of aliphatic hydroxyl groups is 2. The highest BCUT2D eigenvalue weighted by atomic mass is 16.5. The number of ether oxygens (including phenoxy) is 1. The van der Waals surface area contributed by atoms with Crippen molar-refractivity contribution in [1.29, 1.82) is 0 Å². The number of hydrogen-bond acceptors (Lipinski definition) is 4. The van der Waals surface area contributed by atoms with E-state index in [1.165, 1.54) is 12.8 Å². The Morgan fingerprint density at radius 1 is 1.20 bits per heavy atom. The maximum Gasteiger partial charge on any atom is 0.0897 e. The molecule has 0 aliphatic heterocycles. The van der Waals surface area contributed by atoms with Gasteiger partial charge in [-0.3, -0.25) is 0 Å². The van der Waals surface area contributed by atoms with Crippen LogP contribution in [0.5, 0.6) is 0 Å². The summed E-state index contributed by atoms with van der Waals surface area (Å²) in [5.74, 6) is 1.63. The summed E-state index contributed by atoms with van der Waals surface area (Å²) in [6.07, 6.45) is 4.34. The molecule has 4 nitrogen and oxygen atoms in total. The van der Waals surface area contributed by atoms with Crippen LogP contribution in [0.25, 0.3) is 0 Å². The summed E-state index contributed by atoms with van der Waals surface area (Å²) in [6, 6.07) is 0. The standard InChI is InChI=1S/C16H33NO3/c1-12(2)7-13(3)20-11-16(19)9-17-8-14-5-4-6-15(14)10-18/h12-19H,4-11H2,1-3H3. The molecule has 4 atom stereocenters. The Kier molecular flexibility index (Phi) is 8.69. The lowest BCUT2D eigenvalue weighted by Gasteiger charge is -2.21. The maximum absolute atomic E-state index is 9.89. The van der Waals surface area contributed by atoms with Gasteiger partial charge in [-0.15, -0.1) is 0 Å². The van der Waals surface area contributed by atoms with Crippen molar-refractivity contribution in [3.8, 4) is 0 Å². The van der Waals surface area contributed by atoms with Crippen LogP contribution in [-0.2, 0) is 4.74 Å². The lowest BCUT2D eigenvalue weighted by Crippen LogP contribution is -2.35. The van der Waals surface area contributed by atoms with E-state index in [1.54, 1.807) is 0 Å². The van der Waals surface area contributed by atoms with Gasteiger partial charge in [0.2, 0.25) is 0 Å². The molecule has 0 aromatic heterocycles. The summed E-state index contributed by atoms with van der Waals surface area (Å²) < 4.78 is 5.65. The Balaban J connectivity index is 2.06. The third-order valence-electron chi connectivity index (χ3n) is 4.21. The van der Waals surface area contributed by atoms with Gasteiger partial charge in [-0.25, -0.2) is 0 Å². The Bertz CT molecular complexity index is 248. The Labute approximate surface area is 123 Å². The van der Waals surface area contributed by atoms with Crippen molar-refractivity contribution >= 4 is 0 Å². The fourth-order valence-corrected chi connectivity index (χ4v) is 3.12. The van der Waals surface area contributed by atoms with E-state index in [0.29, 0.717) is 37.5 Å². The predicted molar refractivity (Wildman–Crippen MR) is 81.7 cm³/mol. The lowest BCUT2D eigenvalue weighted by molar-refractivity contribution is -0.00885. The molecule has 1 fully saturated rings. The van der Waals surface area contributed by atoms with Crippen molar-refractivity contribution in [2.45, 2.75) is 58.7 Å². The smallest absolute Gasteiger partial charge is 0.0897 e. The average molecular weight is 287 g/mol. The second-order valence-electron chi connectivity index (χ2n) is 6.72. The van der Waals surface area contributed by atoms with Crippen LogP contribution in [-0.4, -0.2) is 48.7 Å². The molecule has 1 aliphatic carbocycles. The Morgan fingerprint density at radius 2 is 1.90 bits per heavy atom. The zero-order valence-electron chi connectivity index (χ0n) is 13.3. The van der Waals surface area contributed by atoms with Gasteiger partial charge >= 0.3 is 0 Å². The van der Waals surface area contributed by atoms with Gasteiger partial charge in [-0.05, 0) is 50.5 Å². The van der Waals surface area contributed by atoms with Crippen LogP contribution in [0.3, 0.4) is 0 Å². The number of aliphatic hydroxyl groups excluding tert-OH is 2. The van der Waals surface area contributed by atoms with Gasteiger partial charge in [-0.1, -0.05) is 20.3 Å². The van der Waals surface area contributed by atoms with E-state index < -0.39 is 6.10 Å². The van der Waals surface area contributed by atoms with E-state index in [-0.39, 0.29) is 6.10 Å². The quantitative estimate of drug-likeness (QED) is 0.573. The Morgan fingerprint density at radius 3 is 2.55 bits per heavy atom. The number of rotatable bonds is 10. The minimum atomic E-state index is -0.446. The van der Waals surface area contributed by atoms with E-state index in [9.17, 15) is 10.2 Å². The van der Waals surface area contributed by atoms with Crippen molar-refractivity contribution in [2.75, 3.05) is 26.3 Å². The highest BCUT2D eigenvalue weighted by Gasteiger charge is 2.26. The van der Waals surface area contributed by atoms with Gasteiger partial charge in [0.25, 0.3) is 0 Å². The second kappa shape index (κ2) is 9.72. The molecule has 0 amide bonds. The first-order valence-electron chi connectivity index (χ1n) is 8.14. The lowest BCUT2D eigenvalue weighted by atomic mass is 9.97. The van der Waals surface area contributed by atoms with Crippen molar-refractivity contribution in [1.82, 2.24) is 5.32 Å². The van der Waals surface area contributed by atoms with E-state index in [1.807, 2.05) is 0 Å². The van der Waals surface area contributed by atoms with Gasteiger partial charge in [-0.2, -0.15) is 0 Å². The molecule has 0 heterocycles. The van der Waals surface area contributed by atoms with Crippen molar-refractivity contribution in [2.24, 2.45) is 17.8 Å². The normalized spacial score (nSPS) is 26.1. The predicted octanol–water partition coefficient (Wildman–Crippen LogP) is 1.80. The largest absolute Gasteiger partial charge is 0.396 e. The molecule has 0 spiro atoms. The fraction of sp³-hybridized carbons (Fsp3) is 1.00. The van der Waals surface area contributed by atoms with E-state index in [2.05, 4.69) is 26.1 Å². The van der Waals surface area contributed by atoms with Crippen LogP contribution in [0.2, 0.25) is 0 Å². The van der Waals surface area contributed by atoms with Crippen LogP contribution < -0.4 is 5.32 Å². The summed E-state index contributed by atoms with van der Waals surface area (Å²) in [5.41, 5.74) is 0. The minimum Gasteiger partial charge on any atom is -0.396 e. The van der Waals surface area contributed by atoms with Crippen molar-refractivity contribution in [3.63, 3.8) is 0 Å². The summed E-state index contributed by atoms with van der Waals surface area (Å²) in [4.78, 5) is 0. The third kappa shape index (κ3) is 7.02. The summed E-state index contributed by atoms with van der Waals surface area (Å²) in [7, 11) is 0. The molecule has 0 aromatic rings. The molecule has 0 radical (unpaired) electrons. The van der Waals surface area contributed by atoms with Crippen molar-refractivity contribution in [3.05, 3.63) is 0 Å². The maximum atomic E-state index is 9.89. The monoisotopic (exact) mass is 287 g/mol. The highest BCUT2D eigenvalue weighted by Crippen LogP contribution is 2.30. The first-order chi connectivity index (χ1) is 9.52. The van der Waals surface area contributed by atoms with E-state index >= 15 is 0 Å². The third-order valence-corrected chi connectivity index (χ3v) is 4.21. The molecule has 0 saturated heterocycles. The molecule has 0 aromatic carbocycles. The van der Waals surface area contributed by atoms with Gasteiger partial charge in [0.1, 0.15) is 0 Å². The zero-order valence-corrected chi connectivity index (χ0v) is 13.3. The molecular weight excluding hydrogens is 254 g/mol. The zero-order chi connectivity index (χ0) is 15.0. The molecule has 3 N–H and O–H groups in total. The first-order valence-corrected chi connectivity index (χ1v) is 8.14. The molecule has 4 unspecified atom stereocenters. The van der Waals surface area contributed by atoms with Crippen LogP contribution in [0.1, 0.15) is 46.5 Å². The Hall–Kier alpha value is -0.160. The van der Waals surface area contributed by atoms with Gasteiger partial charge in [0, 0.05) is 13.2 Å². The molecule has 20 heavy (non-hydrogen) atoms. The fourth-order valence-electron chi connectivity index (χ4n) is 3.12. The van der Waals surface area contributed by atoms with Crippen LogP contribution >= 0.6 is 0 Å². The molecule has 0 bridgehead atoms. The minimum absolute atomic E-state index is 0.207. The number of hydrogen-bond donors (Lipinski definition) is 3. The molecule has 120 valence electrons. The summed E-state index contributed by atoms with van der Waals surface area (Å²) in [5, 5.41) is 22.5. The van der Waals surface area contributed by atoms with Crippen LogP contribution in [0.15, 0.2) is 0 Å². The first kappa shape index (κ1) is 17.9. The van der Waals surface area contributed by atoms with E-state index in [4.69, 9.17) is 4.74 Å². The summed E-state index contributed by atoms with van der Waals surface area (Å²) >= 11 is 0. The van der Waals surface area contributed by atoms with Crippen molar-refractivity contribution < 1.29 is 14.9 Å². The highest BCUT2D eigenvalue weighted by molar-refractivity contribution is 4.78. The SMILES string of the molecule is CC(C)CC(C)OCC(O)CNCC1CCCC1CO. The topological polar surface area (TPSA) is 61.7 Å². The molecule has 1 rings (SSSR count). The van der Waals surface area contributed by atoms with Crippen LogP contribution in [0, 0.1) is 17.8 Å². The van der Waals surface area contributed by atoms with Crippen LogP contribution in [0.4, 0.5) is 0 Å². The molecule has 4 heteroatoms. The van der Waals surface area contributed by atoms with E-state index in [0.717, 1.165) is 19.4 Å². The average Bonchev–Trinajstić information content (AvgIpc) is 2.83. The molecular formula is C16H33NO3.